The molecular formula is C33H52O6. The van der Waals surface area contributed by atoms with E-state index in [-0.39, 0.29) is 46.9 Å². The predicted octanol–water partition coefficient (Wildman–Crippen LogP) is 6.73. The van der Waals surface area contributed by atoms with Crippen LogP contribution in [0.4, 0.5) is 0 Å². The van der Waals surface area contributed by atoms with Crippen LogP contribution < -0.4 is 0 Å². The number of rotatable bonds is 8. The van der Waals surface area contributed by atoms with Crippen molar-refractivity contribution in [3.8, 4) is 0 Å². The van der Waals surface area contributed by atoms with Crippen LogP contribution in [0, 0.1) is 58.2 Å². The summed E-state index contributed by atoms with van der Waals surface area (Å²) in [5.74, 6) is 4.18. The van der Waals surface area contributed by atoms with Crippen molar-refractivity contribution < 1.29 is 28.6 Å². The number of carbonyl (C=O) groups is 3. The Morgan fingerprint density at radius 2 is 1.56 bits per heavy atom. The van der Waals surface area contributed by atoms with E-state index in [0.29, 0.717) is 24.4 Å². The molecule has 6 aliphatic rings. The van der Waals surface area contributed by atoms with E-state index in [2.05, 4.69) is 13.8 Å². The lowest BCUT2D eigenvalue weighted by molar-refractivity contribution is -0.181. The third kappa shape index (κ3) is 4.84. The molecule has 10 unspecified atom stereocenters. The summed E-state index contributed by atoms with van der Waals surface area (Å²) in [6.07, 6.45) is 11.5. The minimum atomic E-state index is -0.434. The fourth-order valence-corrected chi connectivity index (χ4v) is 9.15. The van der Waals surface area contributed by atoms with E-state index >= 15 is 0 Å². The Kier molecular flexibility index (Phi) is 7.68. The maximum atomic E-state index is 12.6. The molecule has 6 rings (SSSR count). The maximum absolute atomic E-state index is 12.6. The van der Waals surface area contributed by atoms with Crippen molar-refractivity contribution in [1.82, 2.24) is 0 Å². The fourth-order valence-electron chi connectivity index (χ4n) is 9.15. The number of hydrogen-bond acceptors (Lipinski definition) is 6. The summed E-state index contributed by atoms with van der Waals surface area (Å²) < 4.78 is 17.1. The van der Waals surface area contributed by atoms with Gasteiger partial charge in [0.25, 0.3) is 0 Å². The second kappa shape index (κ2) is 10.4. The van der Waals surface area contributed by atoms with Crippen LogP contribution in [0.3, 0.4) is 0 Å². The standard InChI is InChI=1S/C18H30O2.C15H22O4/c1-5-17(3,4)16(19)20-18(6-2)11-12-10-15(18)14-9-7-8-13(12)14;1-4-15(2,3)14(17)18-7-10-8-5-9-11(6-8)19-13(16)12(9)10/h12-15H,5-11H2,1-4H3;8-12H,4-7H2,1-3H3. The topological polar surface area (TPSA) is 78.9 Å². The molecule has 0 aromatic heterocycles. The van der Waals surface area contributed by atoms with Gasteiger partial charge in [-0.15, -0.1) is 0 Å². The lowest BCUT2D eigenvalue weighted by atomic mass is 9.71. The van der Waals surface area contributed by atoms with Crippen molar-refractivity contribution >= 4 is 17.9 Å². The van der Waals surface area contributed by atoms with Crippen LogP contribution in [0.15, 0.2) is 0 Å². The third-order valence-corrected chi connectivity index (χ3v) is 12.4. The molecule has 0 aromatic rings. The maximum Gasteiger partial charge on any atom is 0.312 e. The quantitative estimate of drug-likeness (QED) is 0.249. The van der Waals surface area contributed by atoms with Crippen LogP contribution in [-0.4, -0.2) is 36.2 Å². The predicted molar refractivity (Wildman–Crippen MR) is 148 cm³/mol. The molecule has 39 heavy (non-hydrogen) atoms. The minimum Gasteiger partial charge on any atom is -0.465 e. The highest BCUT2D eigenvalue weighted by atomic mass is 16.6. The number of esters is 3. The van der Waals surface area contributed by atoms with Crippen molar-refractivity contribution in [2.75, 3.05) is 6.61 Å². The smallest absolute Gasteiger partial charge is 0.312 e. The van der Waals surface area contributed by atoms with E-state index in [1.54, 1.807) is 0 Å². The molecule has 4 bridgehead atoms. The van der Waals surface area contributed by atoms with Crippen molar-refractivity contribution in [1.29, 1.82) is 0 Å². The van der Waals surface area contributed by atoms with Gasteiger partial charge in [0.15, 0.2) is 0 Å². The lowest BCUT2D eigenvalue weighted by Gasteiger charge is -2.43. The zero-order valence-electron chi connectivity index (χ0n) is 25.4. The highest BCUT2D eigenvalue weighted by Crippen LogP contribution is 2.64. The first kappa shape index (κ1) is 28.9. The Morgan fingerprint density at radius 3 is 2.23 bits per heavy atom. The molecular weight excluding hydrogens is 492 g/mol. The van der Waals surface area contributed by atoms with Crippen LogP contribution in [0.1, 0.15) is 113 Å². The van der Waals surface area contributed by atoms with Crippen LogP contribution in [0.2, 0.25) is 0 Å². The highest BCUT2D eigenvalue weighted by Gasteiger charge is 2.63. The number of ether oxygens (including phenoxy) is 3. The van der Waals surface area contributed by atoms with Crippen molar-refractivity contribution in [3.63, 3.8) is 0 Å². The van der Waals surface area contributed by atoms with Gasteiger partial charge in [0.1, 0.15) is 11.7 Å². The molecule has 1 saturated heterocycles. The molecule has 1 aliphatic heterocycles. The van der Waals surface area contributed by atoms with E-state index in [0.717, 1.165) is 56.3 Å². The molecule has 5 aliphatic carbocycles. The number of carbonyl (C=O) groups excluding carboxylic acids is 3. The van der Waals surface area contributed by atoms with E-state index in [1.165, 1.54) is 25.7 Å². The Bertz CT molecular complexity index is 967. The van der Waals surface area contributed by atoms with Gasteiger partial charge in [-0.25, -0.2) is 0 Å². The Hall–Kier alpha value is -1.59. The van der Waals surface area contributed by atoms with Crippen molar-refractivity contribution in [2.24, 2.45) is 58.2 Å². The van der Waals surface area contributed by atoms with E-state index in [1.807, 2.05) is 34.6 Å². The zero-order chi connectivity index (χ0) is 28.3. The van der Waals surface area contributed by atoms with E-state index in [4.69, 9.17) is 14.2 Å². The molecule has 1 heterocycles. The summed E-state index contributed by atoms with van der Waals surface area (Å²) in [7, 11) is 0. The summed E-state index contributed by atoms with van der Waals surface area (Å²) in [6, 6.07) is 0. The largest absolute Gasteiger partial charge is 0.465 e. The lowest BCUT2D eigenvalue weighted by Crippen LogP contribution is -2.47. The summed E-state index contributed by atoms with van der Waals surface area (Å²) in [6.45, 7) is 14.5. The molecule has 6 fully saturated rings. The minimum absolute atomic E-state index is 0.0127. The van der Waals surface area contributed by atoms with Gasteiger partial charge < -0.3 is 14.2 Å². The fraction of sp³-hybridized carbons (Fsp3) is 0.909. The molecule has 6 nitrogen and oxygen atoms in total. The summed E-state index contributed by atoms with van der Waals surface area (Å²) in [5, 5.41) is 0. The molecule has 5 saturated carbocycles. The summed E-state index contributed by atoms with van der Waals surface area (Å²) in [4.78, 5) is 36.4. The SMILES string of the molecule is CCC(C)(C)C(=O)OC1(CC)CC2CC1C1CCCC21.CCC(C)(C)C(=O)OCC1C2CC3OC(=O)C1C3C2. The summed E-state index contributed by atoms with van der Waals surface area (Å²) in [5.41, 5.74) is -0.894. The Balaban J connectivity index is 0.000000158. The molecule has 10 atom stereocenters. The number of fused-ring (bicyclic) bond motifs is 6. The Labute approximate surface area is 235 Å². The van der Waals surface area contributed by atoms with Crippen LogP contribution in [0.25, 0.3) is 0 Å². The summed E-state index contributed by atoms with van der Waals surface area (Å²) >= 11 is 0. The molecule has 220 valence electrons. The molecule has 0 radical (unpaired) electrons. The molecule has 0 amide bonds. The number of hydrogen-bond donors (Lipinski definition) is 0. The van der Waals surface area contributed by atoms with Gasteiger partial charge in [-0.3, -0.25) is 14.4 Å². The van der Waals surface area contributed by atoms with Gasteiger partial charge in [-0.1, -0.05) is 27.2 Å². The normalized spacial score (nSPS) is 41.2. The molecule has 0 N–H and O–H groups in total. The van der Waals surface area contributed by atoms with E-state index in [9.17, 15) is 14.4 Å². The van der Waals surface area contributed by atoms with Gasteiger partial charge >= 0.3 is 17.9 Å². The monoisotopic (exact) mass is 544 g/mol. The highest BCUT2D eigenvalue weighted by molar-refractivity contribution is 5.78. The first-order chi connectivity index (χ1) is 18.4. The van der Waals surface area contributed by atoms with Gasteiger partial charge in [0, 0.05) is 17.8 Å². The third-order valence-electron chi connectivity index (χ3n) is 12.4. The zero-order valence-corrected chi connectivity index (χ0v) is 25.4. The first-order valence-corrected chi connectivity index (χ1v) is 16.0. The van der Waals surface area contributed by atoms with Crippen molar-refractivity contribution in [3.05, 3.63) is 0 Å². The average Bonchev–Trinajstić information content (AvgIpc) is 3.72. The molecule has 0 aromatic carbocycles. The Morgan fingerprint density at radius 1 is 0.897 bits per heavy atom. The van der Waals surface area contributed by atoms with Gasteiger partial charge in [-0.05, 0) is 109 Å². The second-order valence-electron chi connectivity index (χ2n) is 15.0. The van der Waals surface area contributed by atoms with Crippen LogP contribution >= 0.6 is 0 Å². The van der Waals surface area contributed by atoms with E-state index < -0.39 is 5.41 Å². The average molecular weight is 545 g/mol. The van der Waals surface area contributed by atoms with Gasteiger partial charge in [0.05, 0.1) is 23.4 Å². The van der Waals surface area contributed by atoms with Gasteiger partial charge in [-0.2, -0.15) is 0 Å². The van der Waals surface area contributed by atoms with Crippen molar-refractivity contribution in [2.45, 2.75) is 124 Å². The first-order valence-electron chi connectivity index (χ1n) is 16.0. The second-order valence-corrected chi connectivity index (χ2v) is 15.0. The molecule has 0 spiro atoms. The molecule has 6 heteroatoms. The van der Waals surface area contributed by atoms with Crippen LogP contribution in [0.5, 0.6) is 0 Å². The van der Waals surface area contributed by atoms with Crippen LogP contribution in [-0.2, 0) is 28.6 Å². The van der Waals surface area contributed by atoms with Gasteiger partial charge in [0.2, 0.25) is 0 Å².